The van der Waals surface area contributed by atoms with E-state index in [0.717, 1.165) is 29.9 Å². The van der Waals surface area contributed by atoms with Crippen LogP contribution in [0.15, 0.2) is 72.8 Å². The van der Waals surface area contributed by atoms with E-state index in [-0.39, 0.29) is 11.7 Å². The van der Waals surface area contributed by atoms with Crippen LogP contribution in [0.3, 0.4) is 0 Å². The van der Waals surface area contributed by atoms with E-state index >= 15 is 0 Å². The van der Waals surface area contributed by atoms with Crippen LogP contribution in [0.5, 0.6) is 0 Å². The first-order valence-corrected chi connectivity index (χ1v) is 10.6. The zero-order valence-electron chi connectivity index (χ0n) is 18.3. The highest BCUT2D eigenvalue weighted by molar-refractivity contribution is 6.06. The third-order valence-electron chi connectivity index (χ3n) is 6.11. The number of halogens is 1. The highest BCUT2D eigenvalue weighted by Crippen LogP contribution is 2.26. The van der Waals surface area contributed by atoms with Gasteiger partial charge in [0.1, 0.15) is 5.82 Å². The maximum atomic E-state index is 13.1. The summed E-state index contributed by atoms with van der Waals surface area (Å²) in [6.45, 7) is 2.08. The number of hydrogen-bond donors (Lipinski definition) is 0. The lowest BCUT2D eigenvalue weighted by Gasteiger charge is -2.23. The monoisotopic (exact) mass is 417 g/mol. The van der Waals surface area contributed by atoms with Gasteiger partial charge >= 0.3 is 0 Å². The average molecular weight is 418 g/mol. The van der Waals surface area contributed by atoms with Gasteiger partial charge in [0.2, 0.25) is 0 Å². The topological polar surface area (TPSA) is 26.8 Å². The fraction of sp³-hybridized carbons (Fsp3) is 0.269. The Hall–Kier alpha value is -3.18. The first kappa shape index (κ1) is 21.1. The highest BCUT2D eigenvalue weighted by atomic mass is 19.1. The maximum Gasteiger partial charge on any atom is 0.258 e. The van der Waals surface area contributed by atoms with E-state index in [1.165, 1.54) is 24.2 Å². The van der Waals surface area contributed by atoms with E-state index < -0.39 is 0 Å². The smallest absolute Gasteiger partial charge is 0.258 e. The highest BCUT2D eigenvalue weighted by Gasteiger charge is 2.24. The molecule has 0 N–H and O–H groups in total. The van der Waals surface area contributed by atoms with E-state index in [2.05, 4.69) is 36.0 Å². The molecule has 4 nitrogen and oxygen atoms in total. The molecule has 160 valence electrons. The Labute approximate surface area is 183 Å². The molecule has 1 fully saturated rings. The molecule has 1 unspecified atom stereocenters. The zero-order chi connectivity index (χ0) is 22.0. The summed E-state index contributed by atoms with van der Waals surface area (Å²) in [5, 5.41) is 0. The quantitative estimate of drug-likeness (QED) is 0.590. The molecular weight excluding hydrogens is 389 g/mol. The van der Waals surface area contributed by atoms with Crippen molar-refractivity contribution in [3.05, 3.63) is 84.2 Å². The Bertz CT molecular complexity index is 1030. The Morgan fingerprint density at radius 1 is 0.871 bits per heavy atom. The van der Waals surface area contributed by atoms with Crippen LogP contribution in [-0.2, 0) is 0 Å². The summed E-state index contributed by atoms with van der Waals surface area (Å²) < 4.78 is 13.1. The lowest BCUT2D eigenvalue weighted by atomic mass is 10.0. The van der Waals surface area contributed by atoms with Crippen molar-refractivity contribution in [1.82, 2.24) is 4.90 Å². The van der Waals surface area contributed by atoms with Gasteiger partial charge in [0, 0.05) is 43.1 Å². The van der Waals surface area contributed by atoms with E-state index in [9.17, 15) is 9.18 Å². The van der Waals surface area contributed by atoms with Crippen LogP contribution < -0.4 is 9.80 Å². The molecule has 1 atom stereocenters. The van der Waals surface area contributed by atoms with Gasteiger partial charge in [-0.2, -0.15) is 0 Å². The molecule has 0 bridgehead atoms. The number of carbonyl (C=O) groups is 1. The van der Waals surface area contributed by atoms with Crippen molar-refractivity contribution in [3.8, 4) is 11.1 Å². The third-order valence-corrected chi connectivity index (χ3v) is 6.11. The molecule has 31 heavy (non-hydrogen) atoms. The van der Waals surface area contributed by atoms with Crippen LogP contribution in [0.1, 0.15) is 16.8 Å². The molecule has 0 saturated carbocycles. The maximum absolute atomic E-state index is 13.1. The van der Waals surface area contributed by atoms with Crippen molar-refractivity contribution in [3.63, 3.8) is 0 Å². The fourth-order valence-electron chi connectivity index (χ4n) is 4.04. The Morgan fingerprint density at radius 3 is 2.00 bits per heavy atom. The molecule has 0 aromatic heterocycles. The van der Waals surface area contributed by atoms with Gasteiger partial charge < -0.3 is 14.7 Å². The van der Waals surface area contributed by atoms with Gasteiger partial charge in [-0.05, 0) is 80.2 Å². The van der Waals surface area contributed by atoms with Gasteiger partial charge in [0.05, 0.1) is 0 Å². The molecule has 0 radical (unpaired) electrons. The van der Waals surface area contributed by atoms with Gasteiger partial charge in [-0.3, -0.25) is 4.79 Å². The molecule has 5 heteroatoms. The number of rotatable bonds is 5. The van der Waals surface area contributed by atoms with Crippen molar-refractivity contribution < 1.29 is 9.18 Å². The summed E-state index contributed by atoms with van der Waals surface area (Å²) in [6, 6.07) is 22.6. The zero-order valence-corrected chi connectivity index (χ0v) is 18.3. The van der Waals surface area contributed by atoms with E-state index in [0.29, 0.717) is 11.6 Å². The predicted molar refractivity (Wildman–Crippen MR) is 125 cm³/mol. The number of amides is 1. The van der Waals surface area contributed by atoms with Gasteiger partial charge in [-0.1, -0.05) is 24.3 Å². The first-order valence-electron chi connectivity index (χ1n) is 10.6. The van der Waals surface area contributed by atoms with Gasteiger partial charge in [-0.15, -0.1) is 0 Å². The fourth-order valence-corrected chi connectivity index (χ4v) is 4.04. The number of benzene rings is 3. The molecule has 4 rings (SSSR count). The molecular formula is C26H28FN3O. The molecule has 1 amide bonds. The van der Waals surface area contributed by atoms with E-state index in [1.807, 2.05) is 36.4 Å². The third kappa shape index (κ3) is 4.62. The molecule has 0 spiro atoms. The summed E-state index contributed by atoms with van der Waals surface area (Å²) in [5.41, 5.74) is 4.54. The second kappa shape index (κ2) is 8.90. The van der Waals surface area contributed by atoms with Crippen LogP contribution in [0.4, 0.5) is 15.8 Å². The minimum Gasteiger partial charge on any atom is -0.370 e. The molecule has 1 saturated heterocycles. The van der Waals surface area contributed by atoms with Crippen LogP contribution in [0, 0.1) is 5.82 Å². The average Bonchev–Trinajstić information content (AvgIpc) is 3.30. The SMILES string of the molecule is CN(C(=O)c1ccc(-c2ccc(F)cc2)cc1)c1ccc(N2CCC(N(C)C)C2)cc1. The van der Waals surface area contributed by atoms with Gasteiger partial charge in [0.15, 0.2) is 0 Å². The van der Waals surface area contributed by atoms with E-state index in [1.54, 1.807) is 24.1 Å². The summed E-state index contributed by atoms with van der Waals surface area (Å²) in [6.07, 6.45) is 1.17. The minimum atomic E-state index is -0.259. The van der Waals surface area contributed by atoms with Crippen LogP contribution in [-0.4, -0.2) is 51.1 Å². The predicted octanol–water partition coefficient (Wildman–Crippen LogP) is 4.91. The normalized spacial score (nSPS) is 16.0. The Balaban J connectivity index is 1.43. The number of carbonyl (C=O) groups excluding carboxylic acids is 1. The number of likely N-dealkylation sites (N-methyl/N-ethyl adjacent to an activating group) is 1. The minimum absolute atomic E-state index is 0.0627. The number of nitrogens with zero attached hydrogens (tertiary/aromatic N) is 3. The van der Waals surface area contributed by atoms with Crippen molar-refractivity contribution in [1.29, 1.82) is 0 Å². The van der Waals surface area contributed by atoms with Gasteiger partial charge in [-0.25, -0.2) is 4.39 Å². The van der Waals surface area contributed by atoms with Crippen molar-refractivity contribution >= 4 is 17.3 Å². The molecule has 0 aliphatic carbocycles. The Kier molecular flexibility index (Phi) is 6.05. The summed E-state index contributed by atoms with van der Waals surface area (Å²) >= 11 is 0. The van der Waals surface area contributed by atoms with Gasteiger partial charge in [0.25, 0.3) is 5.91 Å². The molecule has 1 aliphatic rings. The standard InChI is InChI=1S/C26H28FN3O/c1-28(2)25-16-17-30(18-25)24-14-12-23(13-15-24)29(3)26(31)21-6-4-19(5-7-21)20-8-10-22(27)11-9-20/h4-15,25H,16-18H2,1-3H3. The summed E-state index contributed by atoms with van der Waals surface area (Å²) in [7, 11) is 6.05. The Morgan fingerprint density at radius 2 is 1.45 bits per heavy atom. The number of anilines is 2. The molecule has 1 aliphatic heterocycles. The van der Waals surface area contributed by atoms with Crippen molar-refractivity contribution in [2.24, 2.45) is 0 Å². The second-order valence-electron chi connectivity index (χ2n) is 8.32. The van der Waals surface area contributed by atoms with Crippen molar-refractivity contribution in [2.75, 3.05) is 44.0 Å². The summed E-state index contributed by atoms with van der Waals surface area (Å²) in [5.74, 6) is -0.322. The number of hydrogen-bond acceptors (Lipinski definition) is 3. The lowest BCUT2D eigenvalue weighted by Crippen LogP contribution is -2.31. The van der Waals surface area contributed by atoms with E-state index in [4.69, 9.17) is 0 Å². The van der Waals surface area contributed by atoms with Crippen LogP contribution in [0.25, 0.3) is 11.1 Å². The molecule has 3 aromatic rings. The molecule has 3 aromatic carbocycles. The summed E-state index contributed by atoms with van der Waals surface area (Å²) in [4.78, 5) is 19.3. The largest absolute Gasteiger partial charge is 0.370 e. The first-order chi connectivity index (χ1) is 14.9. The van der Waals surface area contributed by atoms with Crippen molar-refractivity contribution in [2.45, 2.75) is 12.5 Å². The molecule has 1 heterocycles. The van der Waals surface area contributed by atoms with Crippen LogP contribution in [0.2, 0.25) is 0 Å². The van der Waals surface area contributed by atoms with Crippen LogP contribution >= 0.6 is 0 Å². The second-order valence-corrected chi connectivity index (χ2v) is 8.32. The lowest BCUT2D eigenvalue weighted by molar-refractivity contribution is 0.0993.